The Kier molecular flexibility index (Phi) is 8.78. The monoisotopic (exact) mass is 475 g/mol. The fraction of sp³-hybridized carbons (Fsp3) is 0.500. The van der Waals surface area contributed by atoms with Gasteiger partial charge in [0.15, 0.2) is 9.92 Å². The molecule has 1 aromatic carbocycles. The summed E-state index contributed by atoms with van der Waals surface area (Å²) < 4.78 is 31.1. The molecule has 0 radical (unpaired) electrons. The van der Waals surface area contributed by atoms with E-state index in [9.17, 15) is 18.5 Å². The Hall–Kier alpha value is -1.33. The zero-order chi connectivity index (χ0) is 22.1. The quantitative estimate of drug-likeness (QED) is 0.648. The van der Waals surface area contributed by atoms with Gasteiger partial charge < -0.3 is 5.11 Å². The van der Waals surface area contributed by atoms with Gasteiger partial charge >= 0.3 is 0 Å². The third-order valence-electron chi connectivity index (χ3n) is 4.40. The molecule has 1 atom stereocenters. The summed E-state index contributed by atoms with van der Waals surface area (Å²) in [7, 11) is -3.52. The van der Waals surface area contributed by atoms with Crippen molar-refractivity contribution < 1.29 is 18.5 Å². The van der Waals surface area contributed by atoms with Crippen LogP contribution in [0.4, 0.5) is 4.39 Å². The van der Waals surface area contributed by atoms with E-state index >= 15 is 0 Å². The van der Waals surface area contributed by atoms with E-state index in [2.05, 4.69) is 9.35 Å². The first-order valence-corrected chi connectivity index (χ1v) is 11.7. The number of halogens is 1. The van der Waals surface area contributed by atoms with Crippen molar-refractivity contribution in [1.29, 1.82) is 0 Å². The SMILES string of the molecule is CC(C)c1ccc(F)c(C(C)C)c1CC(=O)N=S(N)(=O)c1cnc(C(C)(C)O)s1.S. The molecule has 0 fully saturated rings. The third-order valence-corrected chi connectivity index (χ3v) is 7.63. The second kappa shape index (κ2) is 9.86. The van der Waals surface area contributed by atoms with Crippen molar-refractivity contribution in [1.82, 2.24) is 4.98 Å². The molecule has 3 N–H and O–H groups in total. The first-order chi connectivity index (χ1) is 13.2. The number of amides is 1. The third kappa shape index (κ3) is 6.10. The van der Waals surface area contributed by atoms with Crippen molar-refractivity contribution in [3.05, 3.63) is 45.8 Å². The molecule has 0 spiro atoms. The summed E-state index contributed by atoms with van der Waals surface area (Å²) in [4.78, 5) is 16.7. The van der Waals surface area contributed by atoms with Crippen molar-refractivity contribution >= 4 is 40.7 Å². The maximum Gasteiger partial charge on any atom is 0.259 e. The van der Waals surface area contributed by atoms with Crippen molar-refractivity contribution in [2.75, 3.05) is 0 Å². The van der Waals surface area contributed by atoms with Crippen molar-refractivity contribution in [3.63, 3.8) is 0 Å². The molecule has 10 heteroatoms. The first kappa shape index (κ1) is 26.7. The number of hydrogen-bond acceptors (Lipinski definition) is 5. The minimum atomic E-state index is -3.52. The summed E-state index contributed by atoms with van der Waals surface area (Å²) in [5.41, 5.74) is 0.664. The van der Waals surface area contributed by atoms with Gasteiger partial charge in [-0.15, -0.1) is 15.7 Å². The lowest BCUT2D eigenvalue weighted by molar-refractivity contribution is -0.117. The van der Waals surface area contributed by atoms with Gasteiger partial charge in [0.05, 0.1) is 12.6 Å². The van der Waals surface area contributed by atoms with Gasteiger partial charge in [0.1, 0.15) is 20.6 Å². The zero-order valence-electron chi connectivity index (χ0n) is 18.0. The molecule has 0 aliphatic rings. The second-order valence-corrected chi connectivity index (χ2v) is 11.2. The predicted octanol–water partition coefficient (Wildman–Crippen LogP) is 4.34. The molecule has 30 heavy (non-hydrogen) atoms. The molecule has 0 aliphatic carbocycles. The highest BCUT2D eigenvalue weighted by molar-refractivity contribution is 7.93. The van der Waals surface area contributed by atoms with Crippen LogP contribution in [0.3, 0.4) is 0 Å². The first-order valence-electron chi connectivity index (χ1n) is 9.31. The number of carbonyl (C=O) groups excluding carboxylic acids is 1. The minimum absolute atomic E-state index is 0. The Morgan fingerprint density at radius 3 is 2.37 bits per heavy atom. The van der Waals surface area contributed by atoms with E-state index in [1.54, 1.807) is 19.9 Å². The van der Waals surface area contributed by atoms with Gasteiger partial charge in [-0.25, -0.2) is 18.7 Å². The number of aromatic nitrogens is 1. The predicted molar refractivity (Wildman–Crippen MR) is 124 cm³/mol. The Morgan fingerprint density at radius 1 is 1.30 bits per heavy atom. The summed E-state index contributed by atoms with van der Waals surface area (Å²) in [6, 6.07) is 3.09. The van der Waals surface area contributed by atoms with Gasteiger partial charge in [0.2, 0.25) is 0 Å². The van der Waals surface area contributed by atoms with Crippen LogP contribution in [-0.2, 0) is 26.7 Å². The van der Waals surface area contributed by atoms with Gasteiger partial charge in [0.25, 0.3) is 5.91 Å². The molecule has 0 saturated carbocycles. The Morgan fingerprint density at radius 2 is 1.90 bits per heavy atom. The highest BCUT2D eigenvalue weighted by atomic mass is 32.2. The zero-order valence-corrected chi connectivity index (χ0v) is 20.7. The van der Waals surface area contributed by atoms with Crippen LogP contribution in [0.1, 0.15) is 75.1 Å². The van der Waals surface area contributed by atoms with Crippen LogP contribution in [-0.4, -0.2) is 20.2 Å². The Bertz CT molecular complexity index is 1030. The molecular formula is C20H30FN3O3S3. The van der Waals surface area contributed by atoms with Crippen molar-refractivity contribution in [2.45, 2.75) is 69.6 Å². The lowest BCUT2D eigenvalue weighted by atomic mass is 9.86. The number of rotatable bonds is 6. The number of benzene rings is 1. The molecule has 1 amide bonds. The second-order valence-electron chi connectivity index (χ2n) is 8.11. The van der Waals surface area contributed by atoms with Crippen molar-refractivity contribution in [2.24, 2.45) is 9.50 Å². The van der Waals surface area contributed by atoms with Crippen LogP contribution in [0.25, 0.3) is 0 Å². The number of aliphatic hydroxyl groups is 1. The van der Waals surface area contributed by atoms with E-state index in [1.807, 2.05) is 27.7 Å². The van der Waals surface area contributed by atoms with Gasteiger partial charge in [-0.3, -0.25) is 4.79 Å². The van der Waals surface area contributed by atoms with Gasteiger partial charge in [-0.05, 0) is 48.4 Å². The molecular weight excluding hydrogens is 445 g/mol. The van der Waals surface area contributed by atoms with E-state index in [1.165, 1.54) is 12.3 Å². The van der Waals surface area contributed by atoms with Crippen LogP contribution in [0, 0.1) is 5.82 Å². The largest absolute Gasteiger partial charge is 0.383 e. The molecule has 0 saturated heterocycles. The number of thiazole rings is 1. The van der Waals surface area contributed by atoms with Crippen molar-refractivity contribution in [3.8, 4) is 0 Å². The highest BCUT2D eigenvalue weighted by Crippen LogP contribution is 2.31. The highest BCUT2D eigenvalue weighted by Gasteiger charge is 2.24. The normalized spacial score (nSPS) is 13.8. The Balaban J connectivity index is 0.00000450. The number of nitrogens with zero attached hydrogens (tertiary/aromatic N) is 2. The maximum absolute atomic E-state index is 14.5. The molecule has 6 nitrogen and oxygen atoms in total. The van der Waals surface area contributed by atoms with E-state index in [-0.39, 0.29) is 41.8 Å². The summed E-state index contributed by atoms with van der Waals surface area (Å²) in [5, 5.41) is 16.2. The summed E-state index contributed by atoms with van der Waals surface area (Å²) in [5.74, 6) is -1.12. The van der Waals surface area contributed by atoms with Crippen LogP contribution >= 0.6 is 24.8 Å². The standard InChI is InChI=1S/C20H28FN3O3S2.H2S/c1-11(2)13-7-8-15(21)18(12(3)4)14(13)9-16(25)24-29(22,27)17-10-23-19(28-17)20(5,6)26;/h7-8,10-12,26H,9H2,1-6H3,(H2,22,24,25,27);1H2. The van der Waals surface area contributed by atoms with E-state index in [0.717, 1.165) is 16.9 Å². The molecule has 1 heterocycles. The molecule has 0 aliphatic heterocycles. The van der Waals surface area contributed by atoms with Crippen LogP contribution in [0.5, 0.6) is 0 Å². The molecule has 1 unspecified atom stereocenters. The van der Waals surface area contributed by atoms with Crippen LogP contribution in [0.2, 0.25) is 0 Å². The lowest BCUT2D eigenvalue weighted by Gasteiger charge is -2.19. The van der Waals surface area contributed by atoms with E-state index in [0.29, 0.717) is 16.1 Å². The average Bonchev–Trinajstić information content (AvgIpc) is 3.04. The van der Waals surface area contributed by atoms with Gasteiger partial charge in [0, 0.05) is 0 Å². The number of carbonyl (C=O) groups is 1. The topological polar surface area (TPSA) is 106 Å². The molecule has 2 rings (SSSR count). The minimum Gasteiger partial charge on any atom is -0.383 e. The number of hydrogen-bond donors (Lipinski definition) is 2. The smallest absolute Gasteiger partial charge is 0.259 e. The lowest BCUT2D eigenvalue weighted by Crippen LogP contribution is -2.16. The van der Waals surface area contributed by atoms with Crippen LogP contribution in [0.15, 0.2) is 26.9 Å². The molecule has 2 aromatic rings. The average molecular weight is 476 g/mol. The fourth-order valence-electron chi connectivity index (χ4n) is 3.07. The van der Waals surface area contributed by atoms with Gasteiger partial charge in [-0.2, -0.15) is 13.5 Å². The Labute approximate surface area is 188 Å². The van der Waals surface area contributed by atoms with E-state index in [4.69, 9.17) is 5.14 Å². The fourth-order valence-corrected chi connectivity index (χ4v) is 5.21. The number of nitrogens with two attached hydrogens (primary N) is 1. The van der Waals surface area contributed by atoms with Gasteiger partial charge in [-0.1, -0.05) is 33.8 Å². The summed E-state index contributed by atoms with van der Waals surface area (Å²) >= 11 is 0.946. The summed E-state index contributed by atoms with van der Waals surface area (Å²) in [6.45, 7) is 10.7. The molecule has 168 valence electrons. The summed E-state index contributed by atoms with van der Waals surface area (Å²) in [6.07, 6.45) is 1.07. The van der Waals surface area contributed by atoms with E-state index < -0.39 is 21.4 Å². The maximum atomic E-state index is 14.5. The molecule has 1 aromatic heterocycles. The molecule has 0 bridgehead atoms. The van der Waals surface area contributed by atoms with Crippen LogP contribution < -0.4 is 5.14 Å².